The molecule has 0 atom stereocenters. The molecule has 3 nitrogen and oxygen atoms in total. The van der Waals surface area contributed by atoms with Crippen molar-refractivity contribution in [2.24, 2.45) is 0 Å². The van der Waals surface area contributed by atoms with Crippen LogP contribution in [0.1, 0.15) is 26.2 Å². The Hall–Kier alpha value is -0.120. The third-order valence-electron chi connectivity index (χ3n) is 2.34. The van der Waals surface area contributed by atoms with Crippen LogP contribution < -0.4 is 5.32 Å². The van der Waals surface area contributed by atoms with Crippen LogP contribution in [0.3, 0.4) is 0 Å². The summed E-state index contributed by atoms with van der Waals surface area (Å²) in [6, 6.07) is 0. The first-order valence-corrected chi connectivity index (χ1v) is 4.75. The molecule has 1 heterocycles. The zero-order valence-electron chi connectivity index (χ0n) is 8.06. The lowest BCUT2D eigenvalue weighted by atomic mass is 10.1. The van der Waals surface area contributed by atoms with E-state index in [0.717, 1.165) is 39.0 Å². The van der Waals surface area contributed by atoms with Gasteiger partial charge in [0.05, 0.1) is 13.2 Å². The summed E-state index contributed by atoms with van der Waals surface area (Å²) in [4.78, 5) is 0. The molecule has 0 radical (unpaired) electrons. The van der Waals surface area contributed by atoms with Crippen LogP contribution in [0.2, 0.25) is 0 Å². The maximum atomic E-state index is 5.59. The van der Waals surface area contributed by atoms with Crippen molar-refractivity contribution in [2.75, 3.05) is 26.8 Å². The van der Waals surface area contributed by atoms with Crippen molar-refractivity contribution in [1.82, 2.24) is 5.32 Å². The molecule has 0 aliphatic carbocycles. The van der Waals surface area contributed by atoms with Gasteiger partial charge in [-0.2, -0.15) is 0 Å². The average molecular weight is 173 g/mol. The molecule has 0 amide bonds. The largest absolute Gasteiger partial charge is 0.348 e. The fourth-order valence-electron chi connectivity index (χ4n) is 1.56. The van der Waals surface area contributed by atoms with Crippen molar-refractivity contribution in [2.45, 2.75) is 32.0 Å². The Morgan fingerprint density at radius 1 is 1.33 bits per heavy atom. The van der Waals surface area contributed by atoms with Gasteiger partial charge in [-0.3, -0.25) is 0 Å². The third kappa shape index (κ3) is 2.44. The topological polar surface area (TPSA) is 30.5 Å². The molecule has 1 aliphatic rings. The van der Waals surface area contributed by atoms with Gasteiger partial charge in [-0.15, -0.1) is 0 Å². The minimum absolute atomic E-state index is 0.253. The summed E-state index contributed by atoms with van der Waals surface area (Å²) in [7, 11) is 1.97. The Morgan fingerprint density at radius 3 is 2.50 bits per heavy atom. The Labute approximate surface area is 74.4 Å². The molecule has 0 unspecified atom stereocenters. The summed E-state index contributed by atoms with van der Waals surface area (Å²) in [6.07, 6.45) is 3.07. The molecule has 1 fully saturated rings. The molecule has 0 aromatic carbocycles. The van der Waals surface area contributed by atoms with Gasteiger partial charge >= 0.3 is 0 Å². The highest BCUT2D eigenvalue weighted by molar-refractivity contribution is 4.72. The van der Waals surface area contributed by atoms with E-state index in [4.69, 9.17) is 9.47 Å². The molecule has 1 rings (SSSR count). The van der Waals surface area contributed by atoms with Crippen LogP contribution >= 0.6 is 0 Å². The second-order valence-corrected chi connectivity index (χ2v) is 3.17. The lowest BCUT2D eigenvalue weighted by molar-refractivity contribution is -0.164. The number of ether oxygens (including phenoxy) is 2. The van der Waals surface area contributed by atoms with Gasteiger partial charge in [-0.25, -0.2) is 0 Å². The molecule has 12 heavy (non-hydrogen) atoms. The van der Waals surface area contributed by atoms with Crippen molar-refractivity contribution in [3.8, 4) is 0 Å². The van der Waals surface area contributed by atoms with E-state index in [-0.39, 0.29) is 5.79 Å². The van der Waals surface area contributed by atoms with Crippen LogP contribution in [-0.2, 0) is 9.47 Å². The minimum Gasteiger partial charge on any atom is -0.348 e. The second-order valence-electron chi connectivity index (χ2n) is 3.17. The van der Waals surface area contributed by atoms with E-state index < -0.39 is 0 Å². The second kappa shape index (κ2) is 4.80. The van der Waals surface area contributed by atoms with Crippen molar-refractivity contribution >= 4 is 0 Å². The maximum Gasteiger partial charge on any atom is 0.168 e. The van der Waals surface area contributed by atoms with E-state index in [9.17, 15) is 0 Å². The van der Waals surface area contributed by atoms with Crippen LogP contribution in [0.5, 0.6) is 0 Å². The zero-order chi connectivity index (χ0) is 8.86. The molecule has 0 saturated carbocycles. The van der Waals surface area contributed by atoms with E-state index in [1.54, 1.807) is 0 Å². The monoisotopic (exact) mass is 173 g/mol. The molecule has 1 N–H and O–H groups in total. The number of rotatable bonds is 5. The van der Waals surface area contributed by atoms with Crippen LogP contribution in [-0.4, -0.2) is 32.6 Å². The Balaban J connectivity index is 2.24. The molecular formula is C9H19NO2. The summed E-state index contributed by atoms with van der Waals surface area (Å²) in [6.45, 7) is 4.67. The summed E-state index contributed by atoms with van der Waals surface area (Å²) in [5.41, 5.74) is 0. The fourth-order valence-corrected chi connectivity index (χ4v) is 1.56. The van der Waals surface area contributed by atoms with Crippen molar-refractivity contribution < 1.29 is 9.47 Å². The van der Waals surface area contributed by atoms with E-state index in [1.165, 1.54) is 0 Å². The lowest BCUT2D eigenvalue weighted by Crippen LogP contribution is -2.30. The molecule has 3 heteroatoms. The molecule has 0 bridgehead atoms. The number of hydrogen-bond donors (Lipinski definition) is 1. The highest BCUT2D eigenvalue weighted by Gasteiger charge is 2.33. The van der Waals surface area contributed by atoms with Crippen LogP contribution in [0.25, 0.3) is 0 Å². The van der Waals surface area contributed by atoms with Gasteiger partial charge in [0.15, 0.2) is 5.79 Å². The zero-order valence-corrected chi connectivity index (χ0v) is 8.06. The van der Waals surface area contributed by atoms with Gasteiger partial charge in [-0.05, 0) is 26.4 Å². The van der Waals surface area contributed by atoms with E-state index in [0.29, 0.717) is 0 Å². The standard InChI is InChI=1S/C9H19NO2/c1-3-9(5-4-6-10-2)11-7-8-12-9/h10H,3-8H2,1-2H3. The lowest BCUT2D eigenvalue weighted by Gasteiger charge is -2.25. The highest BCUT2D eigenvalue weighted by Crippen LogP contribution is 2.27. The summed E-state index contributed by atoms with van der Waals surface area (Å²) >= 11 is 0. The first-order valence-electron chi connectivity index (χ1n) is 4.75. The van der Waals surface area contributed by atoms with Crippen molar-refractivity contribution in [3.05, 3.63) is 0 Å². The highest BCUT2D eigenvalue weighted by atomic mass is 16.7. The first kappa shape index (κ1) is 9.96. The Bertz CT molecular complexity index is 122. The SMILES string of the molecule is CCC1(CCCNC)OCCO1. The van der Waals surface area contributed by atoms with Gasteiger partial charge in [0.2, 0.25) is 0 Å². The smallest absolute Gasteiger partial charge is 0.168 e. The molecule has 1 aliphatic heterocycles. The average Bonchev–Trinajstić information content (AvgIpc) is 2.55. The molecule has 0 aromatic heterocycles. The summed E-state index contributed by atoms with van der Waals surface area (Å²) < 4.78 is 11.2. The molecule has 1 saturated heterocycles. The van der Waals surface area contributed by atoms with Crippen LogP contribution in [0, 0.1) is 0 Å². The summed E-state index contributed by atoms with van der Waals surface area (Å²) in [5.74, 6) is -0.253. The van der Waals surface area contributed by atoms with Crippen LogP contribution in [0.4, 0.5) is 0 Å². The maximum absolute atomic E-state index is 5.59. The van der Waals surface area contributed by atoms with E-state index >= 15 is 0 Å². The molecule has 0 spiro atoms. The third-order valence-corrected chi connectivity index (χ3v) is 2.34. The number of hydrogen-bond acceptors (Lipinski definition) is 3. The predicted molar refractivity (Wildman–Crippen MR) is 48.1 cm³/mol. The molecule has 0 aromatic rings. The first-order chi connectivity index (χ1) is 5.83. The van der Waals surface area contributed by atoms with Gasteiger partial charge in [0.1, 0.15) is 0 Å². The van der Waals surface area contributed by atoms with Gasteiger partial charge in [0, 0.05) is 6.42 Å². The Morgan fingerprint density at radius 2 is 2.00 bits per heavy atom. The molecule has 72 valence electrons. The van der Waals surface area contributed by atoms with Crippen molar-refractivity contribution in [1.29, 1.82) is 0 Å². The van der Waals surface area contributed by atoms with Crippen LogP contribution in [0.15, 0.2) is 0 Å². The normalized spacial score (nSPS) is 21.5. The summed E-state index contributed by atoms with van der Waals surface area (Å²) in [5, 5.41) is 3.12. The minimum atomic E-state index is -0.253. The van der Waals surface area contributed by atoms with Crippen molar-refractivity contribution in [3.63, 3.8) is 0 Å². The number of nitrogens with one attached hydrogen (secondary N) is 1. The molecular weight excluding hydrogens is 154 g/mol. The van der Waals surface area contributed by atoms with E-state index in [2.05, 4.69) is 12.2 Å². The van der Waals surface area contributed by atoms with E-state index in [1.807, 2.05) is 7.05 Å². The van der Waals surface area contributed by atoms with Gasteiger partial charge in [0.25, 0.3) is 0 Å². The quantitative estimate of drug-likeness (QED) is 0.632. The van der Waals surface area contributed by atoms with Gasteiger partial charge < -0.3 is 14.8 Å². The predicted octanol–water partition coefficient (Wildman–Crippen LogP) is 1.14. The Kier molecular flexibility index (Phi) is 3.98. The van der Waals surface area contributed by atoms with Gasteiger partial charge in [-0.1, -0.05) is 6.92 Å². The fraction of sp³-hybridized carbons (Fsp3) is 1.00.